The average Bonchev–Trinajstić information content (AvgIpc) is 3.20. The van der Waals surface area contributed by atoms with Crippen molar-refractivity contribution in [1.82, 2.24) is 24.6 Å². The molecule has 3 heterocycles. The monoisotopic (exact) mass is 447 g/mol. The summed E-state index contributed by atoms with van der Waals surface area (Å²) >= 11 is 6.38. The Hall–Kier alpha value is -3.27. The summed E-state index contributed by atoms with van der Waals surface area (Å²) in [7, 11) is 0. The number of nitrogens with zero attached hydrogens (tertiary/aromatic N) is 4. The molecule has 0 unspecified atom stereocenters. The number of anilines is 2. The lowest BCUT2D eigenvalue weighted by molar-refractivity contribution is -0.105. The Bertz CT molecular complexity index is 1250. The number of halogens is 3. The van der Waals surface area contributed by atoms with Gasteiger partial charge in [0.25, 0.3) is 0 Å². The Morgan fingerprint density at radius 1 is 1.32 bits per heavy atom. The first-order valence-electron chi connectivity index (χ1n) is 9.69. The molecule has 11 heteroatoms. The second-order valence-electron chi connectivity index (χ2n) is 7.44. The van der Waals surface area contributed by atoms with Crippen LogP contribution in [0.2, 0.25) is 5.02 Å². The quantitative estimate of drug-likeness (QED) is 0.389. The highest BCUT2D eigenvalue weighted by Gasteiger charge is 2.22. The number of carbonyl (C=O) groups is 1. The molecule has 4 aromatic rings. The predicted molar refractivity (Wildman–Crippen MR) is 116 cm³/mol. The molecule has 1 aliphatic rings. The van der Waals surface area contributed by atoms with Crippen LogP contribution in [-0.2, 0) is 4.79 Å². The molecule has 0 spiro atoms. The summed E-state index contributed by atoms with van der Waals surface area (Å²) in [5.41, 5.74) is 2.18. The Balaban J connectivity index is 0.000000520. The van der Waals surface area contributed by atoms with Crippen LogP contribution in [0.5, 0.6) is 0 Å². The fourth-order valence-corrected chi connectivity index (χ4v) is 3.30. The van der Waals surface area contributed by atoms with Crippen molar-refractivity contribution in [3.8, 4) is 11.3 Å². The van der Waals surface area contributed by atoms with E-state index in [9.17, 15) is 13.6 Å². The SMILES string of the molecule is CC(C)Nc1c(F)c(Cl)c(-c2cn3cc(NC=O)nc3cn2)c2cn[nH]c12.FC1CC1. The van der Waals surface area contributed by atoms with E-state index in [0.29, 0.717) is 40.0 Å². The first-order valence-corrected chi connectivity index (χ1v) is 10.1. The first kappa shape index (κ1) is 21.0. The maximum Gasteiger partial charge on any atom is 0.212 e. The normalized spacial score (nSPS) is 13.4. The van der Waals surface area contributed by atoms with Crippen molar-refractivity contribution in [2.24, 2.45) is 0 Å². The van der Waals surface area contributed by atoms with Gasteiger partial charge in [-0.05, 0) is 26.7 Å². The number of H-pyrrole nitrogens is 1. The van der Waals surface area contributed by atoms with Gasteiger partial charge in [0.2, 0.25) is 6.41 Å². The standard InChI is InChI=1S/C17H15ClFN7O.C3H5F/c1-8(2)23-17-15(19)14(18)13(9-3-22-25-16(9)17)10-5-26-6-11(21-7-27)24-12(26)4-20-10;4-3-1-2-3/h3-8,23H,1-2H3,(H,21,27)(H,22,25);3H,1-2H2. The van der Waals surface area contributed by atoms with E-state index in [1.807, 2.05) is 13.8 Å². The molecule has 31 heavy (non-hydrogen) atoms. The van der Waals surface area contributed by atoms with Gasteiger partial charge in [-0.3, -0.25) is 14.9 Å². The number of carbonyl (C=O) groups excluding carboxylic acids is 1. The number of hydrogen-bond donors (Lipinski definition) is 3. The van der Waals surface area contributed by atoms with E-state index in [2.05, 4.69) is 30.8 Å². The van der Waals surface area contributed by atoms with Gasteiger partial charge in [0.15, 0.2) is 17.3 Å². The first-order chi connectivity index (χ1) is 14.9. The Morgan fingerprint density at radius 3 is 2.71 bits per heavy atom. The molecule has 1 aliphatic carbocycles. The molecule has 162 valence electrons. The third kappa shape index (κ3) is 4.29. The molecule has 8 nitrogen and oxygen atoms in total. The number of imidazole rings is 1. The Kier molecular flexibility index (Phi) is 5.73. The summed E-state index contributed by atoms with van der Waals surface area (Å²) < 4.78 is 27.8. The molecule has 0 bridgehead atoms. The van der Waals surface area contributed by atoms with Crippen LogP contribution in [0.25, 0.3) is 27.8 Å². The van der Waals surface area contributed by atoms with E-state index in [4.69, 9.17) is 11.6 Å². The van der Waals surface area contributed by atoms with Crippen molar-refractivity contribution in [3.05, 3.63) is 35.6 Å². The van der Waals surface area contributed by atoms with Crippen LogP contribution >= 0.6 is 11.6 Å². The number of aromatic nitrogens is 5. The van der Waals surface area contributed by atoms with Crippen molar-refractivity contribution >= 4 is 46.1 Å². The summed E-state index contributed by atoms with van der Waals surface area (Å²) in [5.74, 6) is -0.195. The zero-order chi connectivity index (χ0) is 22.1. The van der Waals surface area contributed by atoms with Crippen molar-refractivity contribution in [1.29, 1.82) is 0 Å². The molecular weight excluding hydrogens is 428 g/mol. The molecule has 1 fully saturated rings. The Labute approximate surface area is 181 Å². The van der Waals surface area contributed by atoms with Crippen LogP contribution in [0, 0.1) is 5.82 Å². The summed E-state index contributed by atoms with van der Waals surface area (Å²) in [6, 6.07) is 0.0112. The van der Waals surface area contributed by atoms with Crippen LogP contribution in [-0.4, -0.2) is 43.2 Å². The molecule has 0 saturated heterocycles. The van der Waals surface area contributed by atoms with E-state index in [1.54, 1.807) is 23.0 Å². The fourth-order valence-electron chi connectivity index (χ4n) is 3.01. The van der Waals surface area contributed by atoms with Crippen molar-refractivity contribution in [3.63, 3.8) is 0 Å². The number of fused-ring (bicyclic) bond motifs is 2. The van der Waals surface area contributed by atoms with E-state index >= 15 is 0 Å². The molecule has 0 atom stereocenters. The maximum atomic E-state index is 15.0. The highest BCUT2D eigenvalue weighted by atomic mass is 35.5. The highest BCUT2D eigenvalue weighted by molar-refractivity contribution is 6.35. The molecule has 0 aliphatic heterocycles. The minimum absolute atomic E-state index is 0.0112. The minimum atomic E-state index is -0.576. The predicted octanol–water partition coefficient (Wildman–Crippen LogP) is 4.57. The van der Waals surface area contributed by atoms with Gasteiger partial charge in [-0.25, -0.2) is 13.8 Å². The molecule has 1 amide bonds. The zero-order valence-electron chi connectivity index (χ0n) is 16.8. The molecule has 1 aromatic carbocycles. The Morgan fingerprint density at radius 2 is 2.06 bits per heavy atom. The number of benzene rings is 1. The van der Waals surface area contributed by atoms with Crippen LogP contribution in [0.3, 0.4) is 0 Å². The average molecular weight is 448 g/mol. The second-order valence-corrected chi connectivity index (χ2v) is 7.81. The molecule has 1 saturated carbocycles. The second kappa shape index (κ2) is 8.46. The van der Waals surface area contributed by atoms with Crippen LogP contribution in [0.15, 0.2) is 24.8 Å². The number of amides is 1. The summed E-state index contributed by atoms with van der Waals surface area (Å²) in [4.78, 5) is 19.2. The number of alkyl halides is 1. The lowest BCUT2D eigenvalue weighted by atomic mass is 10.1. The molecule has 5 rings (SSSR count). The van der Waals surface area contributed by atoms with Gasteiger partial charge in [0.1, 0.15) is 6.17 Å². The van der Waals surface area contributed by atoms with Gasteiger partial charge in [-0.1, -0.05) is 11.6 Å². The minimum Gasteiger partial charge on any atom is -0.379 e. The number of aromatic amines is 1. The third-order valence-corrected chi connectivity index (χ3v) is 4.89. The lowest BCUT2D eigenvalue weighted by Gasteiger charge is -2.15. The van der Waals surface area contributed by atoms with E-state index in [1.165, 1.54) is 6.20 Å². The van der Waals surface area contributed by atoms with E-state index < -0.39 is 12.0 Å². The third-order valence-electron chi connectivity index (χ3n) is 4.53. The molecular formula is C20H20ClF2N7O. The van der Waals surface area contributed by atoms with Gasteiger partial charge in [0.05, 0.1) is 40.5 Å². The number of nitrogens with one attached hydrogen (secondary N) is 3. The van der Waals surface area contributed by atoms with Crippen LogP contribution in [0.1, 0.15) is 26.7 Å². The summed E-state index contributed by atoms with van der Waals surface area (Å²) in [5, 5.41) is 13.0. The van der Waals surface area contributed by atoms with Crippen molar-refractivity contribution < 1.29 is 13.6 Å². The maximum absolute atomic E-state index is 15.0. The van der Waals surface area contributed by atoms with E-state index in [-0.39, 0.29) is 16.8 Å². The lowest BCUT2D eigenvalue weighted by Crippen LogP contribution is -2.12. The summed E-state index contributed by atoms with van der Waals surface area (Å²) in [6.45, 7) is 3.81. The highest BCUT2D eigenvalue weighted by Crippen LogP contribution is 2.40. The number of hydrogen-bond acceptors (Lipinski definition) is 5. The summed E-state index contributed by atoms with van der Waals surface area (Å²) in [6.07, 6.45) is 8.16. The zero-order valence-corrected chi connectivity index (χ0v) is 17.5. The molecule has 3 N–H and O–H groups in total. The van der Waals surface area contributed by atoms with Gasteiger partial charge in [-0.2, -0.15) is 5.10 Å². The van der Waals surface area contributed by atoms with Gasteiger partial charge >= 0.3 is 0 Å². The van der Waals surface area contributed by atoms with E-state index in [0.717, 1.165) is 12.8 Å². The molecule has 3 aromatic heterocycles. The van der Waals surface area contributed by atoms with Gasteiger partial charge < -0.3 is 15.0 Å². The topological polar surface area (TPSA) is 100 Å². The molecule has 0 radical (unpaired) electrons. The van der Waals surface area contributed by atoms with Crippen LogP contribution in [0.4, 0.5) is 20.3 Å². The van der Waals surface area contributed by atoms with Crippen LogP contribution < -0.4 is 10.6 Å². The van der Waals surface area contributed by atoms with Crippen molar-refractivity contribution in [2.45, 2.75) is 38.9 Å². The number of rotatable bonds is 5. The smallest absolute Gasteiger partial charge is 0.212 e. The largest absolute Gasteiger partial charge is 0.379 e. The van der Waals surface area contributed by atoms with Crippen molar-refractivity contribution in [2.75, 3.05) is 10.6 Å². The van der Waals surface area contributed by atoms with Gasteiger partial charge in [0, 0.05) is 23.2 Å². The van der Waals surface area contributed by atoms with Gasteiger partial charge in [-0.15, -0.1) is 0 Å². The fraction of sp³-hybridized carbons (Fsp3) is 0.300.